The maximum absolute atomic E-state index is 13.3. The summed E-state index contributed by atoms with van der Waals surface area (Å²) in [7, 11) is 0. The molecule has 1 aromatic heterocycles. The van der Waals surface area contributed by atoms with E-state index in [2.05, 4.69) is 32.8 Å². The van der Waals surface area contributed by atoms with Gasteiger partial charge in [0, 0.05) is 10.5 Å². The summed E-state index contributed by atoms with van der Waals surface area (Å²) in [4.78, 5) is 4.51. The zero-order valence-electron chi connectivity index (χ0n) is 14.2. The SMILES string of the molecule is CSC(C)(C)C#Cc1ccc(Br)c(C(N)Cc2cc(F)cc(F)c2)n1. The highest BCUT2D eigenvalue weighted by Crippen LogP contribution is 2.24. The lowest BCUT2D eigenvalue weighted by atomic mass is 10.0. The number of rotatable bonds is 4. The first-order valence-corrected chi connectivity index (χ1v) is 9.67. The molecule has 0 amide bonds. The van der Waals surface area contributed by atoms with Crippen LogP contribution in [0.2, 0.25) is 0 Å². The Morgan fingerprint density at radius 1 is 1.24 bits per heavy atom. The summed E-state index contributed by atoms with van der Waals surface area (Å²) in [6.07, 6.45) is 2.27. The third-order valence-corrected chi connectivity index (χ3v) is 5.40. The molecule has 0 saturated heterocycles. The van der Waals surface area contributed by atoms with Crippen molar-refractivity contribution in [1.29, 1.82) is 0 Å². The van der Waals surface area contributed by atoms with Crippen molar-refractivity contribution in [1.82, 2.24) is 4.98 Å². The molecular weight excluding hydrogens is 406 g/mol. The Morgan fingerprint density at radius 3 is 2.48 bits per heavy atom. The lowest BCUT2D eigenvalue weighted by molar-refractivity contribution is 0.575. The van der Waals surface area contributed by atoms with E-state index in [1.54, 1.807) is 11.8 Å². The van der Waals surface area contributed by atoms with Crippen molar-refractivity contribution < 1.29 is 8.78 Å². The quantitative estimate of drug-likeness (QED) is 0.712. The Labute approximate surface area is 159 Å². The standard InChI is InChI=1S/C19H19BrF2N2S/c1-19(2,25-3)7-6-15-4-5-16(20)18(24-15)17(23)10-12-8-13(21)11-14(22)9-12/h4-5,8-9,11,17H,10,23H2,1-3H3. The highest BCUT2D eigenvalue weighted by molar-refractivity contribution is 9.10. The molecule has 0 fully saturated rings. The fourth-order valence-corrected chi connectivity index (χ4v) is 2.80. The largest absolute Gasteiger partial charge is 0.322 e. The summed E-state index contributed by atoms with van der Waals surface area (Å²) in [5, 5.41) is 0. The minimum Gasteiger partial charge on any atom is -0.322 e. The topological polar surface area (TPSA) is 38.9 Å². The van der Waals surface area contributed by atoms with Crippen LogP contribution in [0.4, 0.5) is 8.78 Å². The Balaban J connectivity index is 2.27. The summed E-state index contributed by atoms with van der Waals surface area (Å²) >= 11 is 5.09. The van der Waals surface area contributed by atoms with E-state index in [1.807, 2.05) is 32.2 Å². The van der Waals surface area contributed by atoms with E-state index in [0.717, 1.165) is 10.5 Å². The van der Waals surface area contributed by atoms with Gasteiger partial charge in [-0.05, 0) is 78.2 Å². The van der Waals surface area contributed by atoms with Gasteiger partial charge in [0.25, 0.3) is 0 Å². The normalized spacial score (nSPS) is 12.4. The molecule has 1 atom stereocenters. The molecule has 1 heterocycles. The Bertz CT molecular complexity index is 808. The lowest BCUT2D eigenvalue weighted by Crippen LogP contribution is -2.16. The molecule has 1 aromatic carbocycles. The average Bonchev–Trinajstić information content (AvgIpc) is 2.53. The summed E-state index contributed by atoms with van der Waals surface area (Å²) < 4.78 is 27.3. The molecule has 2 N–H and O–H groups in total. The summed E-state index contributed by atoms with van der Waals surface area (Å²) in [5.74, 6) is 5.00. The van der Waals surface area contributed by atoms with E-state index in [9.17, 15) is 8.78 Å². The molecule has 1 unspecified atom stereocenters. The Morgan fingerprint density at radius 2 is 1.88 bits per heavy atom. The highest BCUT2D eigenvalue weighted by Gasteiger charge is 2.15. The van der Waals surface area contributed by atoms with Crippen molar-refractivity contribution in [3.05, 3.63) is 63.4 Å². The zero-order chi connectivity index (χ0) is 18.6. The number of aromatic nitrogens is 1. The van der Waals surface area contributed by atoms with Crippen LogP contribution in [-0.2, 0) is 6.42 Å². The second kappa shape index (κ2) is 8.31. The molecule has 0 saturated carbocycles. The number of nitrogens with two attached hydrogens (primary N) is 1. The van der Waals surface area contributed by atoms with Crippen LogP contribution in [0.5, 0.6) is 0 Å². The first-order chi connectivity index (χ1) is 11.7. The number of hydrogen-bond acceptors (Lipinski definition) is 3. The van der Waals surface area contributed by atoms with Crippen LogP contribution in [0.25, 0.3) is 0 Å². The number of benzene rings is 1. The maximum atomic E-state index is 13.3. The van der Waals surface area contributed by atoms with Gasteiger partial charge in [0.05, 0.1) is 16.5 Å². The molecule has 0 bridgehead atoms. The van der Waals surface area contributed by atoms with E-state index < -0.39 is 17.7 Å². The van der Waals surface area contributed by atoms with Gasteiger partial charge in [-0.25, -0.2) is 13.8 Å². The Hall–Kier alpha value is -1.42. The number of halogens is 3. The molecule has 0 aliphatic carbocycles. The second-order valence-electron chi connectivity index (χ2n) is 6.12. The number of pyridine rings is 1. The predicted molar refractivity (Wildman–Crippen MR) is 103 cm³/mol. The van der Waals surface area contributed by atoms with Crippen LogP contribution in [0, 0.1) is 23.5 Å². The van der Waals surface area contributed by atoms with Crippen LogP contribution >= 0.6 is 27.7 Å². The molecule has 6 heteroatoms. The molecule has 0 radical (unpaired) electrons. The van der Waals surface area contributed by atoms with Crippen molar-refractivity contribution in [2.45, 2.75) is 31.1 Å². The lowest BCUT2D eigenvalue weighted by Gasteiger charge is -2.14. The van der Waals surface area contributed by atoms with E-state index in [0.29, 0.717) is 17.0 Å². The monoisotopic (exact) mass is 424 g/mol. The highest BCUT2D eigenvalue weighted by atomic mass is 79.9. The van der Waals surface area contributed by atoms with Crippen LogP contribution in [0.3, 0.4) is 0 Å². The first-order valence-electron chi connectivity index (χ1n) is 7.65. The van der Waals surface area contributed by atoms with Gasteiger partial charge >= 0.3 is 0 Å². The molecule has 2 aromatic rings. The van der Waals surface area contributed by atoms with Crippen molar-refractivity contribution >= 4 is 27.7 Å². The van der Waals surface area contributed by atoms with Crippen molar-refractivity contribution in [3.63, 3.8) is 0 Å². The van der Waals surface area contributed by atoms with Crippen molar-refractivity contribution in [2.75, 3.05) is 6.26 Å². The van der Waals surface area contributed by atoms with Gasteiger partial charge in [0.1, 0.15) is 17.3 Å². The minimum absolute atomic E-state index is 0.171. The molecule has 2 nitrogen and oxygen atoms in total. The molecular formula is C19H19BrF2N2S. The van der Waals surface area contributed by atoms with Crippen LogP contribution < -0.4 is 5.73 Å². The van der Waals surface area contributed by atoms with E-state index in [-0.39, 0.29) is 11.2 Å². The van der Waals surface area contributed by atoms with Gasteiger partial charge in [-0.3, -0.25) is 0 Å². The average molecular weight is 425 g/mol. The summed E-state index contributed by atoms with van der Waals surface area (Å²) in [5.41, 5.74) is 7.92. The molecule has 0 spiro atoms. The third kappa shape index (κ3) is 5.81. The van der Waals surface area contributed by atoms with E-state index >= 15 is 0 Å². The van der Waals surface area contributed by atoms with Crippen molar-refractivity contribution in [2.24, 2.45) is 5.73 Å². The molecule has 25 heavy (non-hydrogen) atoms. The number of hydrogen-bond donors (Lipinski definition) is 1. The van der Waals surface area contributed by atoms with E-state index in [1.165, 1.54) is 12.1 Å². The fourth-order valence-electron chi connectivity index (χ4n) is 2.13. The van der Waals surface area contributed by atoms with Gasteiger partial charge in [0.2, 0.25) is 0 Å². The van der Waals surface area contributed by atoms with Crippen LogP contribution in [0.1, 0.15) is 36.8 Å². The summed E-state index contributed by atoms with van der Waals surface area (Å²) in [6, 6.07) is 6.54. The van der Waals surface area contributed by atoms with E-state index in [4.69, 9.17) is 5.73 Å². The van der Waals surface area contributed by atoms with Crippen LogP contribution in [0.15, 0.2) is 34.8 Å². The van der Waals surface area contributed by atoms with Crippen molar-refractivity contribution in [3.8, 4) is 11.8 Å². The summed E-state index contributed by atoms with van der Waals surface area (Å²) in [6.45, 7) is 4.07. The zero-order valence-corrected chi connectivity index (χ0v) is 16.6. The molecule has 0 aliphatic rings. The predicted octanol–water partition coefficient (Wildman–Crippen LogP) is 4.86. The minimum atomic E-state index is -0.617. The Kier molecular flexibility index (Phi) is 6.61. The molecule has 0 aliphatic heterocycles. The second-order valence-corrected chi connectivity index (χ2v) is 8.40. The van der Waals surface area contributed by atoms with Crippen LogP contribution in [-0.4, -0.2) is 16.0 Å². The van der Waals surface area contributed by atoms with Gasteiger partial charge in [-0.15, -0.1) is 11.8 Å². The smallest absolute Gasteiger partial charge is 0.126 e. The van der Waals surface area contributed by atoms with Gasteiger partial charge in [-0.2, -0.15) is 0 Å². The fraction of sp³-hybridized carbons (Fsp3) is 0.316. The van der Waals surface area contributed by atoms with Gasteiger partial charge < -0.3 is 5.73 Å². The maximum Gasteiger partial charge on any atom is 0.126 e. The number of nitrogens with zero attached hydrogens (tertiary/aromatic N) is 1. The molecule has 132 valence electrons. The number of thioether (sulfide) groups is 1. The molecule has 2 rings (SSSR count). The first kappa shape index (κ1) is 19.9. The van der Waals surface area contributed by atoms with Gasteiger partial charge in [0.15, 0.2) is 0 Å². The van der Waals surface area contributed by atoms with Gasteiger partial charge in [-0.1, -0.05) is 5.92 Å². The third-order valence-electron chi connectivity index (χ3n) is 3.60.